The van der Waals surface area contributed by atoms with Gasteiger partial charge in [-0.2, -0.15) is 0 Å². The van der Waals surface area contributed by atoms with Crippen molar-refractivity contribution in [1.29, 1.82) is 0 Å². The lowest BCUT2D eigenvalue weighted by Gasteiger charge is -2.25. The predicted octanol–water partition coefficient (Wildman–Crippen LogP) is 3.13. The molecule has 0 bridgehead atoms. The lowest BCUT2D eigenvalue weighted by atomic mass is 9.98. The third-order valence-electron chi connectivity index (χ3n) is 6.24. The van der Waals surface area contributed by atoms with Crippen molar-refractivity contribution in [3.8, 4) is 17.2 Å². The van der Waals surface area contributed by atoms with E-state index < -0.39 is 11.9 Å². The number of para-hydroxylation sites is 1. The molecule has 0 spiro atoms. The zero-order valence-electron chi connectivity index (χ0n) is 18.9. The number of hydrogen-bond acceptors (Lipinski definition) is 7. The number of nitrogens with two attached hydrogens (primary N) is 1. The molecule has 2 aliphatic rings. The molecule has 2 amide bonds. The number of fused-ring (bicyclic) bond motifs is 3. The predicted molar refractivity (Wildman–Crippen MR) is 128 cm³/mol. The summed E-state index contributed by atoms with van der Waals surface area (Å²) >= 11 is 0. The second-order valence-corrected chi connectivity index (χ2v) is 8.52. The summed E-state index contributed by atoms with van der Waals surface area (Å²) in [5, 5.41) is 0.403. The Hall–Kier alpha value is -4.79. The highest BCUT2D eigenvalue weighted by Gasteiger charge is 2.42. The van der Waals surface area contributed by atoms with Gasteiger partial charge < -0.3 is 29.3 Å². The fourth-order valence-electron chi connectivity index (χ4n) is 4.61. The lowest BCUT2D eigenvalue weighted by Crippen LogP contribution is -2.29. The van der Waals surface area contributed by atoms with E-state index in [0.717, 1.165) is 5.56 Å². The van der Waals surface area contributed by atoms with E-state index in [-0.39, 0.29) is 42.6 Å². The van der Waals surface area contributed by atoms with Gasteiger partial charge in [-0.05, 0) is 47.5 Å². The van der Waals surface area contributed by atoms with Crippen LogP contribution in [0.15, 0.2) is 75.9 Å². The second-order valence-electron chi connectivity index (χ2n) is 8.52. The monoisotopic (exact) mass is 484 g/mol. The molecule has 1 unspecified atom stereocenters. The molecule has 3 heterocycles. The molecule has 1 atom stereocenters. The summed E-state index contributed by atoms with van der Waals surface area (Å²) in [4.78, 5) is 39.9. The maximum atomic E-state index is 13.6. The number of nitrogens with zero attached hydrogens (tertiary/aromatic N) is 1. The number of carbonyl (C=O) groups excluding carboxylic acids is 2. The molecule has 9 nitrogen and oxygen atoms in total. The van der Waals surface area contributed by atoms with Gasteiger partial charge in [0.1, 0.15) is 11.3 Å². The minimum Gasteiger partial charge on any atom is -0.484 e. The van der Waals surface area contributed by atoms with E-state index in [1.165, 1.54) is 0 Å². The molecule has 0 radical (unpaired) electrons. The maximum absolute atomic E-state index is 13.6. The van der Waals surface area contributed by atoms with Crippen molar-refractivity contribution in [3.63, 3.8) is 0 Å². The lowest BCUT2D eigenvalue weighted by molar-refractivity contribution is -0.119. The highest BCUT2D eigenvalue weighted by molar-refractivity contribution is 5.99. The van der Waals surface area contributed by atoms with E-state index in [1.807, 2.05) is 12.1 Å². The molecular weight excluding hydrogens is 464 g/mol. The SMILES string of the molecule is NC(=O)COc1ccc(C2c3c(oc4ccccc4c3=O)C(=O)N2Cc2ccc3c(c2)OCO3)cc1. The molecule has 1 aromatic heterocycles. The Morgan fingerprint density at radius 3 is 2.58 bits per heavy atom. The van der Waals surface area contributed by atoms with E-state index in [0.29, 0.717) is 33.8 Å². The molecule has 0 fully saturated rings. The zero-order chi connectivity index (χ0) is 24.8. The fourth-order valence-corrected chi connectivity index (χ4v) is 4.61. The van der Waals surface area contributed by atoms with Crippen molar-refractivity contribution < 1.29 is 28.2 Å². The molecule has 3 aromatic carbocycles. The largest absolute Gasteiger partial charge is 0.484 e. The van der Waals surface area contributed by atoms with Crippen LogP contribution in [0.4, 0.5) is 0 Å². The van der Waals surface area contributed by atoms with Crippen molar-refractivity contribution in [3.05, 3.63) is 99.4 Å². The zero-order valence-corrected chi connectivity index (χ0v) is 18.9. The van der Waals surface area contributed by atoms with Crippen molar-refractivity contribution >= 4 is 22.8 Å². The number of benzene rings is 3. The maximum Gasteiger partial charge on any atom is 0.291 e. The van der Waals surface area contributed by atoms with Crippen LogP contribution in [0.25, 0.3) is 11.0 Å². The Balaban J connectivity index is 1.44. The van der Waals surface area contributed by atoms with E-state index in [1.54, 1.807) is 59.5 Å². The van der Waals surface area contributed by atoms with E-state index in [9.17, 15) is 14.4 Å². The molecule has 0 aliphatic carbocycles. The van der Waals surface area contributed by atoms with Crippen molar-refractivity contribution in [2.75, 3.05) is 13.4 Å². The highest BCUT2D eigenvalue weighted by atomic mass is 16.7. The number of ether oxygens (including phenoxy) is 3. The third kappa shape index (κ3) is 3.61. The summed E-state index contributed by atoms with van der Waals surface area (Å²) in [5.41, 5.74) is 7.04. The minimum atomic E-state index is -0.691. The van der Waals surface area contributed by atoms with Gasteiger partial charge in [0, 0.05) is 6.54 Å². The van der Waals surface area contributed by atoms with Gasteiger partial charge in [0.25, 0.3) is 11.8 Å². The highest BCUT2D eigenvalue weighted by Crippen LogP contribution is 2.40. The Labute approximate surface area is 204 Å². The first-order chi connectivity index (χ1) is 17.5. The van der Waals surface area contributed by atoms with Gasteiger partial charge in [-0.1, -0.05) is 30.3 Å². The van der Waals surface area contributed by atoms with Crippen LogP contribution in [0.1, 0.15) is 33.3 Å². The topological polar surface area (TPSA) is 121 Å². The number of carbonyl (C=O) groups is 2. The average molecular weight is 484 g/mol. The van der Waals surface area contributed by atoms with Gasteiger partial charge in [-0.15, -0.1) is 0 Å². The average Bonchev–Trinajstić information content (AvgIpc) is 3.46. The van der Waals surface area contributed by atoms with Crippen LogP contribution in [0, 0.1) is 0 Å². The standard InChI is InChI=1S/C27H20N2O7/c28-22(30)13-33-17-8-6-16(7-9-17)24-23-25(31)18-3-1-2-4-19(18)36-26(23)27(32)29(24)12-15-5-10-20-21(11-15)35-14-34-20/h1-11,24H,12-14H2,(H2,28,30). The van der Waals surface area contributed by atoms with Gasteiger partial charge in [0.05, 0.1) is 17.0 Å². The quantitative estimate of drug-likeness (QED) is 0.446. The van der Waals surface area contributed by atoms with E-state index >= 15 is 0 Å². The van der Waals surface area contributed by atoms with E-state index in [2.05, 4.69) is 0 Å². The summed E-state index contributed by atoms with van der Waals surface area (Å²) in [6, 6.07) is 18.5. The molecule has 36 heavy (non-hydrogen) atoms. The number of hydrogen-bond donors (Lipinski definition) is 1. The Bertz CT molecular complexity index is 1580. The third-order valence-corrected chi connectivity index (χ3v) is 6.24. The van der Waals surface area contributed by atoms with Gasteiger partial charge in [0.2, 0.25) is 12.6 Å². The van der Waals surface area contributed by atoms with E-state index in [4.69, 9.17) is 24.4 Å². The summed E-state index contributed by atoms with van der Waals surface area (Å²) in [5.74, 6) is 0.733. The van der Waals surface area contributed by atoms with Gasteiger partial charge in [0.15, 0.2) is 23.5 Å². The van der Waals surface area contributed by atoms with Crippen molar-refractivity contribution in [2.45, 2.75) is 12.6 Å². The second kappa shape index (κ2) is 8.46. The van der Waals surface area contributed by atoms with Crippen molar-refractivity contribution in [1.82, 2.24) is 4.90 Å². The van der Waals surface area contributed by atoms with Crippen LogP contribution in [-0.2, 0) is 11.3 Å². The molecule has 180 valence electrons. The van der Waals surface area contributed by atoms with Gasteiger partial charge in [-0.3, -0.25) is 14.4 Å². The summed E-state index contributed by atoms with van der Waals surface area (Å²) in [7, 11) is 0. The normalized spacial score (nSPS) is 15.8. The first kappa shape index (κ1) is 21.7. The van der Waals surface area contributed by atoms with Crippen LogP contribution >= 0.6 is 0 Å². The van der Waals surface area contributed by atoms with Crippen LogP contribution in [-0.4, -0.2) is 30.1 Å². The van der Waals surface area contributed by atoms with Crippen LogP contribution in [0.3, 0.4) is 0 Å². The Morgan fingerprint density at radius 1 is 1.00 bits per heavy atom. The molecule has 2 aliphatic heterocycles. The number of amides is 2. The van der Waals surface area contributed by atoms with Gasteiger partial charge >= 0.3 is 0 Å². The molecule has 2 N–H and O–H groups in total. The van der Waals surface area contributed by atoms with Crippen LogP contribution in [0.5, 0.6) is 17.2 Å². The van der Waals surface area contributed by atoms with Crippen LogP contribution < -0.4 is 25.4 Å². The fraction of sp³-hybridized carbons (Fsp3) is 0.148. The summed E-state index contributed by atoms with van der Waals surface area (Å²) in [6.45, 7) is 0.0979. The number of rotatable bonds is 6. The summed E-state index contributed by atoms with van der Waals surface area (Å²) in [6.07, 6.45) is 0. The Kier molecular flexibility index (Phi) is 5.10. The van der Waals surface area contributed by atoms with Gasteiger partial charge in [-0.25, -0.2) is 0 Å². The Morgan fingerprint density at radius 2 is 1.78 bits per heavy atom. The molecule has 0 saturated carbocycles. The molecule has 6 rings (SSSR count). The first-order valence-electron chi connectivity index (χ1n) is 11.3. The van der Waals surface area contributed by atoms with Crippen molar-refractivity contribution in [2.24, 2.45) is 5.73 Å². The minimum absolute atomic E-state index is 0.0264. The molecule has 4 aromatic rings. The smallest absolute Gasteiger partial charge is 0.291 e. The molecule has 0 saturated heterocycles. The van der Waals surface area contributed by atoms with Crippen LogP contribution in [0.2, 0.25) is 0 Å². The number of primary amides is 1. The molecular formula is C27H20N2O7. The summed E-state index contributed by atoms with van der Waals surface area (Å²) < 4.78 is 22.2. The first-order valence-corrected chi connectivity index (χ1v) is 11.3. The molecule has 9 heteroatoms.